The van der Waals surface area contributed by atoms with Crippen LogP contribution >= 0.6 is 0 Å². The lowest BCUT2D eigenvalue weighted by atomic mass is 10.1. The lowest BCUT2D eigenvalue weighted by molar-refractivity contribution is 0.0953. The van der Waals surface area contributed by atoms with E-state index in [0.29, 0.717) is 11.3 Å². The first kappa shape index (κ1) is 15.9. The summed E-state index contributed by atoms with van der Waals surface area (Å²) in [6.45, 7) is 1.74. The summed E-state index contributed by atoms with van der Waals surface area (Å²) in [5.41, 5.74) is 7.01. The predicted octanol–water partition coefficient (Wildman–Crippen LogP) is 4.50. The first-order valence-corrected chi connectivity index (χ1v) is 8.27. The molecule has 0 unspecified atom stereocenters. The summed E-state index contributed by atoms with van der Waals surface area (Å²) in [6, 6.07) is 19.7. The average Bonchev–Trinajstić information content (AvgIpc) is 3.26. The van der Waals surface area contributed by atoms with E-state index >= 15 is 0 Å². The van der Waals surface area contributed by atoms with Gasteiger partial charge in [0, 0.05) is 16.5 Å². The van der Waals surface area contributed by atoms with Crippen LogP contribution in [0.5, 0.6) is 0 Å². The minimum atomic E-state index is -0.298. The summed E-state index contributed by atoms with van der Waals surface area (Å²) in [7, 11) is 0. The van der Waals surface area contributed by atoms with Gasteiger partial charge in [0.25, 0.3) is 5.91 Å². The zero-order chi connectivity index (χ0) is 17.9. The smallest absolute Gasteiger partial charge is 0.274 e. The minimum absolute atomic E-state index is 0.298. The Kier molecular flexibility index (Phi) is 4.11. The van der Waals surface area contributed by atoms with Gasteiger partial charge in [-0.15, -0.1) is 0 Å². The van der Waals surface area contributed by atoms with Crippen LogP contribution in [0.2, 0.25) is 0 Å². The SMILES string of the molecule is Cc1occc1C(=O)NN=Cc1c(-c2ccccc2)[nH]c2ccccc12. The van der Waals surface area contributed by atoms with Crippen LogP contribution < -0.4 is 5.43 Å². The second-order valence-electron chi connectivity index (χ2n) is 5.91. The third-order valence-electron chi connectivity index (χ3n) is 4.27. The number of furan rings is 1. The van der Waals surface area contributed by atoms with Crippen molar-refractivity contribution in [1.29, 1.82) is 0 Å². The molecule has 0 saturated heterocycles. The number of hydrogen-bond acceptors (Lipinski definition) is 3. The van der Waals surface area contributed by atoms with E-state index in [-0.39, 0.29) is 5.91 Å². The topological polar surface area (TPSA) is 70.4 Å². The van der Waals surface area contributed by atoms with Crippen molar-refractivity contribution in [3.8, 4) is 11.3 Å². The summed E-state index contributed by atoms with van der Waals surface area (Å²) in [4.78, 5) is 15.6. The Bertz CT molecular complexity index is 1090. The maximum Gasteiger partial charge on any atom is 0.274 e. The first-order valence-electron chi connectivity index (χ1n) is 8.27. The van der Waals surface area contributed by atoms with Gasteiger partial charge in [0.05, 0.1) is 23.7 Å². The Balaban J connectivity index is 1.69. The van der Waals surface area contributed by atoms with Crippen molar-refractivity contribution < 1.29 is 9.21 Å². The van der Waals surface area contributed by atoms with Crippen molar-refractivity contribution in [2.24, 2.45) is 5.10 Å². The maximum absolute atomic E-state index is 12.2. The Morgan fingerprint density at radius 2 is 1.85 bits per heavy atom. The number of nitrogens with one attached hydrogen (secondary N) is 2. The van der Waals surface area contributed by atoms with Crippen LogP contribution in [0.4, 0.5) is 0 Å². The van der Waals surface area contributed by atoms with Crippen molar-refractivity contribution in [1.82, 2.24) is 10.4 Å². The molecule has 2 aromatic heterocycles. The number of aryl methyl sites for hydroxylation is 1. The minimum Gasteiger partial charge on any atom is -0.469 e. The summed E-state index contributed by atoms with van der Waals surface area (Å²) >= 11 is 0. The van der Waals surface area contributed by atoms with Gasteiger partial charge in [0.2, 0.25) is 0 Å². The van der Waals surface area contributed by atoms with Crippen LogP contribution in [-0.4, -0.2) is 17.1 Å². The van der Waals surface area contributed by atoms with Gasteiger partial charge >= 0.3 is 0 Å². The highest BCUT2D eigenvalue weighted by molar-refractivity contribution is 6.06. The molecule has 26 heavy (non-hydrogen) atoms. The van der Waals surface area contributed by atoms with Crippen LogP contribution in [0.15, 0.2) is 76.4 Å². The highest BCUT2D eigenvalue weighted by Gasteiger charge is 2.12. The molecular weight excluding hydrogens is 326 g/mol. The quantitative estimate of drug-likeness (QED) is 0.423. The number of benzene rings is 2. The second-order valence-corrected chi connectivity index (χ2v) is 5.91. The number of H-pyrrole nitrogens is 1. The van der Waals surface area contributed by atoms with E-state index in [1.54, 1.807) is 19.2 Å². The van der Waals surface area contributed by atoms with Gasteiger partial charge in [-0.3, -0.25) is 4.79 Å². The number of carbonyl (C=O) groups excluding carboxylic acids is 1. The molecule has 4 rings (SSSR count). The van der Waals surface area contributed by atoms with E-state index in [9.17, 15) is 4.79 Å². The summed E-state index contributed by atoms with van der Waals surface area (Å²) in [6.07, 6.45) is 3.16. The van der Waals surface area contributed by atoms with Crippen LogP contribution in [0.3, 0.4) is 0 Å². The third kappa shape index (κ3) is 2.91. The zero-order valence-electron chi connectivity index (χ0n) is 14.2. The number of hydrazone groups is 1. The molecule has 128 valence electrons. The summed E-state index contributed by atoms with van der Waals surface area (Å²) < 4.78 is 5.15. The number of amides is 1. The summed E-state index contributed by atoms with van der Waals surface area (Å²) in [5.74, 6) is 0.267. The highest BCUT2D eigenvalue weighted by Crippen LogP contribution is 2.28. The lowest BCUT2D eigenvalue weighted by Crippen LogP contribution is -2.17. The number of hydrogen-bond donors (Lipinski definition) is 2. The fourth-order valence-electron chi connectivity index (χ4n) is 2.97. The lowest BCUT2D eigenvalue weighted by Gasteiger charge is -2.01. The Hall–Kier alpha value is -3.60. The molecule has 0 spiro atoms. The van der Waals surface area contributed by atoms with Crippen molar-refractivity contribution in [3.05, 3.63) is 83.8 Å². The predicted molar refractivity (Wildman–Crippen MR) is 102 cm³/mol. The van der Waals surface area contributed by atoms with Gasteiger partial charge in [-0.25, -0.2) is 5.43 Å². The average molecular weight is 343 g/mol. The molecule has 0 aliphatic rings. The highest BCUT2D eigenvalue weighted by atomic mass is 16.3. The van der Waals surface area contributed by atoms with Gasteiger partial charge < -0.3 is 9.40 Å². The molecule has 0 saturated carbocycles. The molecule has 2 heterocycles. The molecule has 5 heteroatoms. The molecule has 0 radical (unpaired) electrons. The number of nitrogens with zero attached hydrogens (tertiary/aromatic N) is 1. The Morgan fingerprint density at radius 1 is 1.08 bits per heavy atom. The molecule has 0 fully saturated rings. The van der Waals surface area contributed by atoms with Crippen molar-refractivity contribution in [2.45, 2.75) is 6.92 Å². The van der Waals surface area contributed by atoms with Crippen LogP contribution in [0.1, 0.15) is 21.7 Å². The molecule has 1 amide bonds. The third-order valence-corrected chi connectivity index (χ3v) is 4.27. The fraction of sp³-hybridized carbons (Fsp3) is 0.0476. The number of fused-ring (bicyclic) bond motifs is 1. The monoisotopic (exact) mass is 343 g/mol. The normalized spacial score (nSPS) is 11.3. The maximum atomic E-state index is 12.2. The standard InChI is InChI=1S/C21H17N3O2/c1-14-16(11-12-26-14)21(25)24-22-13-18-17-9-5-6-10-19(17)23-20(18)15-7-3-2-4-8-15/h2-13,23H,1H3,(H,24,25). The Morgan fingerprint density at radius 3 is 2.62 bits per heavy atom. The van der Waals surface area contributed by atoms with E-state index < -0.39 is 0 Å². The zero-order valence-corrected chi connectivity index (χ0v) is 14.2. The van der Waals surface area contributed by atoms with Crippen LogP contribution in [0.25, 0.3) is 22.2 Å². The van der Waals surface area contributed by atoms with E-state index in [1.807, 2.05) is 54.6 Å². The number of aromatic amines is 1. The molecule has 0 atom stereocenters. The van der Waals surface area contributed by atoms with Gasteiger partial charge in [-0.05, 0) is 24.6 Å². The van der Waals surface area contributed by atoms with Crippen molar-refractivity contribution in [2.75, 3.05) is 0 Å². The molecule has 4 aromatic rings. The van der Waals surface area contributed by atoms with Gasteiger partial charge in [0.1, 0.15) is 5.76 Å². The Labute approximate surface area is 150 Å². The number of aromatic nitrogens is 1. The van der Waals surface area contributed by atoms with Gasteiger partial charge in [-0.2, -0.15) is 5.10 Å². The molecule has 0 aliphatic carbocycles. The van der Waals surface area contributed by atoms with E-state index in [1.165, 1.54) is 6.26 Å². The number of para-hydroxylation sites is 1. The molecule has 2 aromatic carbocycles. The second kappa shape index (κ2) is 6.72. The fourth-order valence-corrected chi connectivity index (χ4v) is 2.97. The van der Waals surface area contributed by atoms with Crippen LogP contribution in [0, 0.1) is 6.92 Å². The van der Waals surface area contributed by atoms with Crippen molar-refractivity contribution >= 4 is 23.0 Å². The van der Waals surface area contributed by atoms with Crippen LogP contribution in [-0.2, 0) is 0 Å². The molecule has 5 nitrogen and oxygen atoms in total. The van der Waals surface area contributed by atoms with Gasteiger partial charge in [-0.1, -0.05) is 48.5 Å². The summed E-state index contributed by atoms with van der Waals surface area (Å²) in [5, 5.41) is 5.21. The number of carbonyl (C=O) groups is 1. The van der Waals surface area contributed by atoms with Crippen molar-refractivity contribution in [3.63, 3.8) is 0 Å². The van der Waals surface area contributed by atoms with E-state index in [0.717, 1.165) is 27.7 Å². The van der Waals surface area contributed by atoms with E-state index in [4.69, 9.17) is 4.42 Å². The molecule has 2 N–H and O–H groups in total. The molecule has 0 aliphatic heterocycles. The number of rotatable bonds is 4. The first-order chi connectivity index (χ1) is 12.7. The molecule has 0 bridgehead atoms. The molecular formula is C21H17N3O2. The van der Waals surface area contributed by atoms with E-state index in [2.05, 4.69) is 15.5 Å². The van der Waals surface area contributed by atoms with Gasteiger partial charge in [0.15, 0.2) is 0 Å². The largest absolute Gasteiger partial charge is 0.469 e.